The Morgan fingerprint density at radius 2 is 1.71 bits per heavy atom. The first-order valence-corrected chi connectivity index (χ1v) is 10.3. The van der Waals surface area contributed by atoms with Crippen LogP contribution in [0.2, 0.25) is 5.02 Å². The van der Waals surface area contributed by atoms with Crippen molar-refractivity contribution < 1.29 is 4.79 Å². The van der Waals surface area contributed by atoms with Gasteiger partial charge in [0.25, 0.3) is 5.91 Å². The van der Waals surface area contributed by atoms with Gasteiger partial charge < -0.3 is 9.47 Å². The summed E-state index contributed by atoms with van der Waals surface area (Å²) in [5, 5.41) is 0.644. The van der Waals surface area contributed by atoms with Gasteiger partial charge >= 0.3 is 0 Å². The van der Waals surface area contributed by atoms with Gasteiger partial charge in [-0.25, -0.2) is 0 Å². The summed E-state index contributed by atoms with van der Waals surface area (Å²) in [6.45, 7) is 4.34. The van der Waals surface area contributed by atoms with Crippen molar-refractivity contribution in [2.75, 3.05) is 6.54 Å². The van der Waals surface area contributed by atoms with Crippen LogP contribution < -0.4 is 0 Å². The fourth-order valence-electron chi connectivity index (χ4n) is 3.30. The first-order valence-electron chi connectivity index (χ1n) is 9.90. The molecule has 0 unspecified atom stereocenters. The van der Waals surface area contributed by atoms with Crippen molar-refractivity contribution in [3.05, 3.63) is 94.8 Å². The number of hydrogen-bond acceptors (Lipinski definition) is 1. The zero-order valence-electron chi connectivity index (χ0n) is 16.4. The minimum absolute atomic E-state index is 0.0558. The standard InChI is InChI=1S/C24H27ClN2O/c1-2-3-7-16-27(24(28)21-12-14-22(25)15-13-21)19-23-11-8-17-26(23)18-20-9-5-4-6-10-20/h4-6,8-15,17H,2-3,7,16,18-19H2,1H3. The van der Waals surface area contributed by atoms with E-state index < -0.39 is 0 Å². The lowest BCUT2D eigenvalue weighted by atomic mass is 10.1. The molecule has 0 atom stereocenters. The Morgan fingerprint density at radius 1 is 0.964 bits per heavy atom. The smallest absolute Gasteiger partial charge is 0.254 e. The number of amides is 1. The maximum atomic E-state index is 13.1. The molecule has 3 aromatic rings. The van der Waals surface area contributed by atoms with E-state index in [2.05, 4.69) is 54.1 Å². The second-order valence-corrected chi connectivity index (χ2v) is 7.49. The Labute approximate surface area is 172 Å². The van der Waals surface area contributed by atoms with E-state index in [0.29, 0.717) is 17.1 Å². The lowest BCUT2D eigenvalue weighted by Crippen LogP contribution is -2.32. The average Bonchev–Trinajstić information content (AvgIpc) is 3.15. The van der Waals surface area contributed by atoms with Crippen LogP contribution in [0.3, 0.4) is 0 Å². The van der Waals surface area contributed by atoms with E-state index in [1.54, 1.807) is 24.3 Å². The van der Waals surface area contributed by atoms with Gasteiger partial charge in [-0.05, 0) is 48.4 Å². The van der Waals surface area contributed by atoms with Crippen LogP contribution in [0.4, 0.5) is 0 Å². The van der Waals surface area contributed by atoms with Crippen LogP contribution in [0.15, 0.2) is 72.9 Å². The van der Waals surface area contributed by atoms with E-state index in [9.17, 15) is 4.79 Å². The number of rotatable bonds is 9. The van der Waals surface area contributed by atoms with Crippen LogP contribution in [0.25, 0.3) is 0 Å². The van der Waals surface area contributed by atoms with Crippen molar-refractivity contribution in [2.45, 2.75) is 39.3 Å². The predicted octanol–water partition coefficient (Wildman–Crippen LogP) is 6.02. The van der Waals surface area contributed by atoms with Crippen LogP contribution in [-0.4, -0.2) is 21.9 Å². The molecule has 1 heterocycles. The number of carbonyl (C=O) groups excluding carboxylic acids is 1. The molecule has 0 spiro atoms. The van der Waals surface area contributed by atoms with E-state index in [4.69, 9.17) is 11.6 Å². The van der Waals surface area contributed by atoms with Gasteiger partial charge in [0.15, 0.2) is 0 Å². The molecule has 0 saturated carbocycles. The van der Waals surface area contributed by atoms with Crippen LogP contribution >= 0.6 is 11.6 Å². The van der Waals surface area contributed by atoms with Crippen molar-refractivity contribution in [3.8, 4) is 0 Å². The Morgan fingerprint density at radius 3 is 2.43 bits per heavy atom. The summed E-state index contributed by atoms with van der Waals surface area (Å²) in [7, 11) is 0. The molecule has 1 aromatic heterocycles. The average molecular weight is 395 g/mol. The zero-order valence-corrected chi connectivity index (χ0v) is 17.1. The topological polar surface area (TPSA) is 25.2 Å². The summed E-state index contributed by atoms with van der Waals surface area (Å²) in [5.41, 5.74) is 3.08. The number of carbonyl (C=O) groups is 1. The maximum Gasteiger partial charge on any atom is 0.254 e. The van der Waals surface area contributed by atoms with Crippen molar-refractivity contribution >= 4 is 17.5 Å². The molecule has 146 valence electrons. The van der Waals surface area contributed by atoms with E-state index in [-0.39, 0.29) is 5.91 Å². The zero-order chi connectivity index (χ0) is 19.8. The molecule has 0 N–H and O–H groups in total. The molecule has 0 bridgehead atoms. The fraction of sp³-hybridized carbons (Fsp3) is 0.292. The summed E-state index contributed by atoms with van der Waals surface area (Å²) >= 11 is 5.98. The molecular weight excluding hydrogens is 368 g/mol. The van der Waals surface area contributed by atoms with Gasteiger partial charge in [-0.1, -0.05) is 61.7 Å². The van der Waals surface area contributed by atoms with E-state index in [1.165, 1.54) is 5.56 Å². The summed E-state index contributed by atoms with van der Waals surface area (Å²) in [4.78, 5) is 15.1. The van der Waals surface area contributed by atoms with Crippen LogP contribution in [0.5, 0.6) is 0 Å². The molecular formula is C24H27ClN2O. The molecule has 3 rings (SSSR count). The number of halogens is 1. The van der Waals surface area contributed by atoms with Crippen molar-refractivity contribution in [3.63, 3.8) is 0 Å². The van der Waals surface area contributed by atoms with Crippen molar-refractivity contribution in [1.82, 2.24) is 9.47 Å². The summed E-state index contributed by atoms with van der Waals surface area (Å²) < 4.78 is 2.22. The molecule has 28 heavy (non-hydrogen) atoms. The minimum Gasteiger partial charge on any atom is -0.345 e. The van der Waals surface area contributed by atoms with Crippen LogP contribution in [0, 0.1) is 0 Å². The first kappa shape index (κ1) is 20.2. The summed E-state index contributed by atoms with van der Waals surface area (Å²) in [6, 6.07) is 21.7. The predicted molar refractivity (Wildman–Crippen MR) is 116 cm³/mol. The van der Waals surface area contributed by atoms with Crippen molar-refractivity contribution in [2.24, 2.45) is 0 Å². The summed E-state index contributed by atoms with van der Waals surface area (Å²) in [6.07, 6.45) is 5.34. The Balaban J connectivity index is 1.77. The largest absolute Gasteiger partial charge is 0.345 e. The van der Waals surface area contributed by atoms with Gasteiger partial charge in [0.2, 0.25) is 0 Å². The molecule has 1 amide bonds. The summed E-state index contributed by atoms with van der Waals surface area (Å²) in [5.74, 6) is 0.0558. The van der Waals surface area contributed by atoms with Crippen molar-refractivity contribution in [1.29, 1.82) is 0 Å². The second kappa shape index (κ2) is 10.1. The third kappa shape index (κ3) is 5.49. The number of aromatic nitrogens is 1. The number of hydrogen-bond donors (Lipinski definition) is 0. The van der Waals surface area contributed by atoms with Gasteiger partial charge in [0, 0.05) is 35.6 Å². The maximum absolute atomic E-state index is 13.1. The van der Waals surface area contributed by atoms with Crippen LogP contribution in [-0.2, 0) is 13.1 Å². The highest BCUT2D eigenvalue weighted by atomic mass is 35.5. The highest BCUT2D eigenvalue weighted by molar-refractivity contribution is 6.30. The third-order valence-corrected chi connectivity index (χ3v) is 5.13. The van der Waals surface area contributed by atoms with Crippen LogP contribution in [0.1, 0.15) is 47.8 Å². The van der Waals surface area contributed by atoms with E-state index in [0.717, 1.165) is 38.0 Å². The van der Waals surface area contributed by atoms with E-state index in [1.807, 2.05) is 11.0 Å². The highest BCUT2D eigenvalue weighted by Crippen LogP contribution is 2.16. The molecule has 0 fully saturated rings. The monoisotopic (exact) mass is 394 g/mol. The molecule has 4 heteroatoms. The Hall–Kier alpha value is -2.52. The van der Waals surface area contributed by atoms with E-state index >= 15 is 0 Å². The van der Waals surface area contributed by atoms with Gasteiger partial charge in [0.1, 0.15) is 0 Å². The minimum atomic E-state index is 0.0558. The highest BCUT2D eigenvalue weighted by Gasteiger charge is 2.17. The lowest BCUT2D eigenvalue weighted by molar-refractivity contribution is 0.0736. The molecule has 2 aromatic carbocycles. The second-order valence-electron chi connectivity index (χ2n) is 7.05. The number of benzene rings is 2. The molecule has 3 nitrogen and oxygen atoms in total. The first-order chi connectivity index (χ1) is 13.7. The quantitative estimate of drug-likeness (QED) is 0.407. The van der Waals surface area contributed by atoms with Gasteiger partial charge in [-0.3, -0.25) is 4.79 Å². The third-order valence-electron chi connectivity index (χ3n) is 4.88. The Bertz CT molecular complexity index is 871. The van der Waals surface area contributed by atoms with Gasteiger partial charge in [0.05, 0.1) is 6.54 Å². The molecule has 0 aliphatic rings. The molecule has 0 saturated heterocycles. The normalized spacial score (nSPS) is 10.8. The number of unbranched alkanes of at least 4 members (excludes halogenated alkanes) is 2. The molecule has 0 aliphatic carbocycles. The fourth-order valence-corrected chi connectivity index (χ4v) is 3.43. The Kier molecular flexibility index (Phi) is 7.32. The van der Waals surface area contributed by atoms with Gasteiger partial charge in [-0.2, -0.15) is 0 Å². The SMILES string of the molecule is CCCCCN(Cc1cccn1Cc1ccccc1)C(=O)c1ccc(Cl)cc1. The number of nitrogens with zero attached hydrogens (tertiary/aromatic N) is 2. The molecule has 0 radical (unpaired) electrons. The van der Waals surface area contributed by atoms with Gasteiger partial charge in [-0.15, -0.1) is 0 Å². The molecule has 0 aliphatic heterocycles. The lowest BCUT2D eigenvalue weighted by Gasteiger charge is -2.24.